The number of hydrogen-bond acceptors (Lipinski definition) is 2. The van der Waals surface area contributed by atoms with Crippen molar-refractivity contribution < 1.29 is 0 Å². The van der Waals surface area contributed by atoms with Gasteiger partial charge < -0.3 is 0 Å². The van der Waals surface area contributed by atoms with E-state index in [0.717, 1.165) is 0 Å². The molecule has 0 fully saturated rings. The Morgan fingerprint density at radius 1 is 0.941 bits per heavy atom. The summed E-state index contributed by atoms with van der Waals surface area (Å²) in [5, 5.41) is 2.83. The minimum Gasteiger partial charge on any atom is -0.183 e. The van der Waals surface area contributed by atoms with Crippen LogP contribution in [0, 0.1) is 13.8 Å². The van der Waals surface area contributed by atoms with Gasteiger partial charge in [-0.05, 0) is 43.4 Å². The van der Waals surface area contributed by atoms with Gasteiger partial charge >= 0.3 is 0 Å². The van der Waals surface area contributed by atoms with Crippen LogP contribution in [-0.2, 0) is 0 Å². The summed E-state index contributed by atoms with van der Waals surface area (Å²) in [6.45, 7) is 4.34. The molecule has 0 unspecified atom stereocenters. The molecule has 17 heavy (non-hydrogen) atoms. The van der Waals surface area contributed by atoms with Crippen molar-refractivity contribution in [2.75, 3.05) is 6.26 Å². The first-order valence-corrected chi connectivity index (χ1v) is 7.30. The van der Waals surface area contributed by atoms with Gasteiger partial charge in [0.25, 0.3) is 0 Å². The minimum absolute atomic E-state index is 1.34. The Labute approximate surface area is 112 Å². The molecule has 2 aromatic carbocycles. The summed E-state index contributed by atoms with van der Waals surface area (Å²) in [4.78, 5) is 0. The molecule has 0 bridgehead atoms. The largest absolute Gasteiger partial charge is 0.183 e. The second kappa shape index (κ2) is 5.11. The van der Waals surface area contributed by atoms with Crippen LogP contribution < -0.4 is 0 Å². The molecule has 3 rings (SSSR count). The quantitative estimate of drug-likeness (QED) is 0.526. The van der Waals surface area contributed by atoms with Crippen molar-refractivity contribution in [1.29, 1.82) is 0 Å². The topological polar surface area (TPSA) is 0 Å². The van der Waals surface area contributed by atoms with E-state index in [0.29, 0.717) is 0 Å². The Balaban J connectivity index is 0.000000514. The number of thiol groups is 1. The minimum atomic E-state index is 1.34. The zero-order valence-electron chi connectivity index (χ0n) is 10.3. The molecule has 0 saturated heterocycles. The van der Waals surface area contributed by atoms with Crippen LogP contribution >= 0.6 is 24.0 Å². The zero-order chi connectivity index (χ0) is 12.4. The highest BCUT2D eigenvalue weighted by atomic mass is 32.1. The van der Waals surface area contributed by atoms with Gasteiger partial charge in [0, 0.05) is 20.2 Å². The highest BCUT2D eigenvalue weighted by Gasteiger charge is 2.06. The van der Waals surface area contributed by atoms with Crippen molar-refractivity contribution in [3.63, 3.8) is 0 Å². The molecule has 0 aliphatic heterocycles. The van der Waals surface area contributed by atoms with E-state index in [1.807, 2.05) is 11.3 Å². The Kier molecular flexibility index (Phi) is 3.75. The van der Waals surface area contributed by atoms with Gasteiger partial charge in [-0.25, -0.2) is 0 Å². The number of hydrogen-bond donors (Lipinski definition) is 1. The molecule has 0 amide bonds. The second-order valence-electron chi connectivity index (χ2n) is 4.05. The summed E-state index contributed by atoms with van der Waals surface area (Å²) in [7, 11) is 0. The van der Waals surface area contributed by atoms with E-state index >= 15 is 0 Å². The predicted octanol–water partition coefficient (Wildman–Crippen LogP) is 5.22. The monoisotopic (exact) mass is 260 g/mol. The number of fused-ring (bicyclic) bond motifs is 3. The van der Waals surface area contributed by atoms with Gasteiger partial charge in [-0.15, -0.1) is 11.3 Å². The van der Waals surface area contributed by atoms with Crippen LogP contribution in [0.15, 0.2) is 36.4 Å². The van der Waals surface area contributed by atoms with E-state index in [1.165, 1.54) is 31.3 Å². The normalized spacial score (nSPS) is 10.4. The first-order valence-electron chi connectivity index (χ1n) is 5.59. The molecule has 1 heterocycles. The van der Waals surface area contributed by atoms with Crippen molar-refractivity contribution in [2.24, 2.45) is 0 Å². The van der Waals surface area contributed by atoms with Crippen LogP contribution in [0.5, 0.6) is 0 Å². The third-order valence-electron chi connectivity index (χ3n) is 2.86. The third-order valence-corrected chi connectivity index (χ3v) is 3.98. The predicted molar refractivity (Wildman–Crippen MR) is 83.7 cm³/mol. The van der Waals surface area contributed by atoms with E-state index in [4.69, 9.17) is 0 Å². The molecule has 0 aliphatic rings. The van der Waals surface area contributed by atoms with Crippen molar-refractivity contribution >= 4 is 44.1 Å². The maximum Gasteiger partial charge on any atom is 0.0358 e. The van der Waals surface area contributed by atoms with Gasteiger partial charge in [0.05, 0.1) is 0 Å². The first kappa shape index (κ1) is 12.5. The average Bonchev–Trinajstić information content (AvgIpc) is 2.70. The molecule has 2 heteroatoms. The SMILES string of the molecule is CS.Cc1ccc2c(c1)sc1cccc(C)c12. The molecule has 1 aromatic heterocycles. The van der Waals surface area contributed by atoms with Gasteiger partial charge in [0.1, 0.15) is 0 Å². The van der Waals surface area contributed by atoms with Crippen molar-refractivity contribution in [3.05, 3.63) is 47.5 Å². The lowest BCUT2D eigenvalue weighted by atomic mass is 10.1. The summed E-state index contributed by atoms with van der Waals surface area (Å²) < 4.78 is 2.80. The molecular weight excluding hydrogens is 244 g/mol. The Morgan fingerprint density at radius 3 is 2.47 bits per heavy atom. The Bertz CT molecular complexity index is 650. The van der Waals surface area contributed by atoms with Crippen molar-refractivity contribution in [2.45, 2.75) is 13.8 Å². The third kappa shape index (κ3) is 2.20. The van der Waals surface area contributed by atoms with Gasteiger partial charge in [-0.3, -0.25) is 0 Å². The van der Waals surface area contributed by atoms with Gasteiger partial charge in [-0.1, -0.05) is 24.3 Å². The van der Waals surface area contributed by atoms with Crippen LogP contribution in [-0.4, -0.2) is 6.26 Å². The van der Waals surface area contributed by atoms with Crippen LogP contribution in [0.4, 0.5) is 0 Å². The van der Waals surface area contributed by atoms with Crippen LogP contribution in [0.3, 0.4) is 0 Å². The van der Waals surface area contributed by atoms with E-state index in [2.05, 4.69) is 62.9 Å². The summed E-state index contributed by atoms with van der Waals surface area (Å²) >= 11 is 5.42. The number of benzene rings is 2. The summed E-state index contributed by atoms with van der Waals surface area (Å²) in [5.74, 6) is 0. The highest BCUT2D eigenvalue weighted by Crippen LogP contribution is 2.35. The molecule has 3 aromatic rings. The Hall–Kier alpha value is -0.990. The Morgan fingerprint density at radius 2 is 1.71 bits per heavy atom. The molecule has 88 valence electrons. The fourth-order valence-electron chi connectivity index (χ4n) is 2.11. The van der Waals surface area contributed by atoms with Gasteiger partial charge in [0.2, 0.25) is 0 Å². The molecule has 0 saturated carbocycles. The molecular formula is C15H16S2. The first-order chi connectivity index (χ1) is 8.25. The molecule has 0 nitrogen and oxygen atoms in total. The highest BCUT2D eigenvalue weighted by molar-refractivity contribution is 7.79. The maximum atomic E-state index is 3.53. The maximum absolute atomic E-state index is 3.53. The number of aryl methyl sites for hydroxylation is 2. The second-order valence-corrected chi connectivity index (χ2v) is 5.13. The zero-order valence-corrected chi connectivity index (χ0v) is 12.0. The fourth-order valence-corrected chi connectivity index (χ4v) is 3.39. The van der Waals surface area contributed by atoms with E-state index in [-0.39, 0.29) is 0 Å². The van der Waals surface area contributed by atoms with Gasteiger partial charge in [-0.2, -0.15) is 12.6 Å². The lowest BCUT2D eigenvalue weighted by molar-refractivity contribution is 1.51. The average molecular weight is 260 g/mol. The molecule has 0 radical (unpaired) electrons. The summed E-state index contributed by atoms with van der Waals surface area (Å²) in [6, 6.07) is 13.3. The standard InChI is InChI=1S/C14H12S.CH4S/c1-9-6-7-11-13(8-9)15-12-5-3-4-10(2)14(11)12;1-2/h3-8H,1-2H3;2H,1H3. The van der Waals surface area contributed by atoms with E-state index in [9.17, 15) is 0 Å². The fraction of sp³-hybridized carbons (Fsp3) is 0.200. The molecule has 0 spiro atoms. The smallest absolute Gasteiger partial charge is 0.0358 e. The summed E-state index contributed by atoms with van der Waals surface area (Å²) in [6.07, 6.45) is 1.69. The number of thiophene rings is 1. The lowest BCUT2D eigenvalue weighted by Crippen LogP contribution is -1.73. The van der Waals surface area contributed by atoms with E-state index in [1.54, 1.807) is 6.26 Å². The van der Waals surface area contributed by atoms with Crippen molar-refractivity contribution in [3.8, 4) is 0 Å². The summed E-state index contributed by atoms with van der Waals surface area (Å²) in [5.41, 5.74) is 2.72. The van der Waals surface area contributed by atoms with Crippen LogP contribution in [0.2, 0.25) is 0 Å². The van der Waals surface area contributed by atoms with Crippen LogP contribution in [0.1, 0.15) is 11.1 Å². The molecule has 0 aliphatic carbocycles. The van der Waals surface area contributed by atoms with Gasteiger partial charge in [0.15, 0.2) is 0 Å². The number of rotatable bonds is 0. The van der Waals surface area contributed by atoms with E-state index < -0.39 is 0 Å². The van der Waals surface area contributed by atoms with Crippen LogP contribution in [0.25, 0.3) is 20.2 Å². The lowest BCUT2D eigenvalue weighted by Gasteiger charge is -1.96. The van der Waals surface area contributed by atoms with Crippen molar-refractivity contribution in [1.82, 2.24) is 0 Å². The molecule has 0 atom stereocenters. The molecule has 0 N–H and O–H groups in total.